The lowest BCUT2D eigenvalue weighted by atomic mass is 9.43. The van der Waals surface area contributed by atoms with Gasteiger partial charge in [0.2, 0.25) is 0 Å². The Morgan fingerprint density at radius 1 is 0.353 bits per heavy atom. The summed E-state index contributed by atoms with van der Waals surface area (Å²) in [5.41, 5.74) is 74.3. The molecule has 0 aromatic heterocycles. The van der Waals surface area contributed by atoms with Gasteiger partial charge in [-0.2, -0.15) is 0 Å². The van der Waals surface area contributed by atoms with Gasteiger partial charge in [0, 0.05) is 124 Å². The van der Waals surface area contributed by atoms with Crippen LogP contribution in [0, 0.1) is 139 Å². The maximum absolute atomic E-state index is 9.57. The van der Waals surface area contributed by atoms with Crippen molar-refractivity contribution in [1.82, 2.24) is 9.80 Å². The Bertz CT molecular complexity index is 4340. The molecule has 2 aromatic rings. The van der Waals surface area contributed by atoms with Crippen LogP contribution in [0.25, 0.3) is 62.7 Å². The summed E-state index contributed by atoms with van der Waals surface area (Å²) >= 11 is 0. The number of nitrogens with two attached hydrogens (primary N) is 3. The van der Waals surface area contributed by atoms with Gasteiger partial charge in [0.15, 0.2) is 0 Å². The molecule has 0 radical (unpaired) electrons. The highest BCUT2D eigenvalue weighted by atomic mass is 16.5. The van der Waals surface area contributed by atoms with Gasteiger partial charge >= 0.3 is 0 Å². The van der Waals surface area contributed by atoms with Gasteiger partial charge in [-0.05, 0) is 368 Å². The molecule has 12 aliphatic carbocycles. The van der Waals surface area contributed by atoms with Crippen LogP contribution in [-0.4, -0.2) is 222 Å². The first-order valence-corrected chi connectivity index (χ1v) is 54.1. The van der Waals surface area contributed by atoms with E-state index < -0.39 is 0 Å². The predicted octanol–water partition coefficient (Wildman–Crippen LogP) is 22.3. The van der Waals surface area contributed by atoms with Crippen molar-refractivity contribution in [3.63, 3.8) is 0 Å². The minimum absolute atomic E-state index is 0.0237. The lowest BCUT2D eigenvalue weighted by Crippen LogP contribution is -2.63. The van der Waals surface area contributed by atoms with Gasteiger partial charge in [-0.25, -0.2) is 0 Å². The van der Waals surface area contributed by atoms with Crippen LogP contribution in [0.5, 0.6) is 0 Å². The van der Waals surface area contributed by atoms with Crippen LogP contribution < -0.4 is 17.2 Å². The van der Waals surface area contributed by atoms with Crippen molar-refractivity contribution in [2.75, 3.05) is 152 Å². The highest BCUT2D eigenvalue weighted by molar-refractivity contribution is 5.21. The Morgan fingerprint density at radius 2 is 0.626 bits per heavy atom. The van der Waals surface area contributed by atoms with E-state index in [1.807, 2.05) is 0 Å². The molecule has 2 aromatic carbocycles. The Morgan fingerprint density at radius 3 is 0.935 bits per heavy atom. The van der Waals surface area contributed by atoms with E-state index >= 15 is 0 Å². The molecule has 33 nitrogen and oxygen atoms in total. The van der Waals surface area contributed by atoms with E-state index in [9.17, 15) is 5.11 Å². The third kappa shape index (κ3) is 26.6. The number of hydrogen-bond acceptors (Lipinski definition) is 21. The molecule has 776 valence electrons. The Labute approximate surface area is 830 Å². The monoisotopic (exact) mass is 1930 g/mol. The highest BCUT2D eigenvalue weighted by Gasteiger charge is 2.71. The number of benzene rings is 2. The Balaban J connectivity index is 0.000000188. The quantitative estimate of drug-likeness (QED) is 0.0207. The molecule has 33 atom stereocenters. The fourth-order valence-corrected chi connectivity index (χ4v) is 32.7. The summed E-state index contributed by atoms with van der Waals surface area (Å²) < 4.78 is 59.3. The van der Waals surface area contributed by atoms with Crippen LogP contribution in [0.1, 0.15) is 247 Å². The number of aliphatic hydroxyl groups excluding tert-OH is 1. The number of ether oxygens (including phenoxy) is 9. The van der Waals surface area contributed by atoms with Crippen molar-refractivity contribution in [1.29, 1.82) is 0 Å². The van der Waals surface area contributed by atoms with E-state index in [4.69, 9.17) is 93.0 Å². The fourth-order valence-electron chi connectivity index (χ4n) is 32.7. The third-order valence-electron chi connectivity index (χ3n) is 39.0. The molecule has 0 aliphatic heterocycles. The molecule has 14 rings (SSSR count). The van der Waals surface area contributed by atoms with Gasteiger partial charge in [0.25, 0.3) is 0 Å². The number of aliphatic hydroxyl groups is 1. The van der Waals surface area contributed by atoms with E-state index in [2.05, 4.69) is 207 Å². The lowest BCUT2D eigenvalue weighted by molar-refractivity contribution is -0.226. The van der Waals surface area contributed by atoms with Crippen LogP contribution in [0.2, 0.25) is 0 Å². The van der Waals surface area contributed by atoms with Crippen molar-refractivity contribution in [3.8, 4) is 0 Å². The number of nitrogens with zero attached hydrogens (tertiary/aromatic N) is 20. The zero-order chi connectivity index (χ0) is 99.2. The van der Waals surface area contributed by atoms with E-state index in [1.165, 1.54) is 62.5 Å². The highest BCUT2D eigenvalue weighted by Crippen LogP contribution is 2.74. The molecule has 0 spiro atoms. The summed E-state index contributed by atoms with van der Waals surface area (Å²) in [5, 5.41) is 32.0. The van der Waals surface area contributed by atoms with Crippen LogP contribution in [0.15, 0.2) is 91.3 Å². The standard InChI is InChI=1S/C38H60N10O3.C38H66N4O3.C30H51N9O4/c1-27(9-8-19-48(4)26-28-10-6-5-7-11-28)31-12-13-32-36-33(25-35(38(31,32)3)51-22-18-44-47-41)37(2)15-14-30(49-20-16-42-45-39)23-29(37)24-34(36)50-21-17-43-46-40;1-27(9-8-19-42(4)26-28-10-6-5-7-11-28)31-12-13-32-36-33(25-35(38(31,32)3)45-22-18-41)37(2)15-14-30(43-20-16-39)23-29(37)24-34(36)44-21-17-40;1-20(5-4-13-40)23-6-7-24-28-25(19-27(30(23,24)3)43-16-12-36-39-33)29(2)9-8-22(41-14-10-34-37-31)17-21(29)18-26(28)42-15-11-35-38-32/h5-7,10-11,27,29-36H,8-9,12-26H2,1-4H3;5-7,10-11,27,29-36H,8-9,12-26,39-41H2,1-4H3;20-28,40H,4-19H2,1-3H3/t27-,29+,30-,31-,32+,33+,34-,35+,36+,37+,38-;27-,29-,30+,31+,32-,33-,34+,35-,36-,37-,38+;20-,21-,22+,23+,24-,25-,26+,27-,28-,29-,30+/m100/s1. The SMILES string of the molecule is C[C@@H](CCCN(C)Cc1ccccc1)[C@H]1CC[C@H]2[C@@H]3[C@H](OCCN)C[C@@H]4C[C@H](OCCN)CC[C@]4(C)[C@H]3C[C@H](OCCN)[C@]12C.C[C@@H](CCCO)[C@H]1CC[C@H]2[C@@H]3[C@H](OCCN=[N+]=[N-])C[C@@H]4C[C@H](OCCN=[N+]=[N-])CC[C@]4(C)[C@H]3C[C@H](OCCN=[N+]=[N-])[C@]12C.C[C@H](CCCN(C)Cc1ccccc1)[C@H]1CC[C@H]2[C@@H]3[C@H](OCCN=[N+]=[N-])C[C@@H]4C[C@H](OCCN=[N+]=[N-])CC[C@]4(C)[C@H]3C[C@H](OCCN=[N+]=[N-])[C@]12C. The normalized spacial score (nSPS) is 37.2. The van der Waals surface area contributed by atoms with Crippen LogP contribution in [0.3, 0.4) is 0 Å². The zero-order valence-electron chi connectivity index (χ0n) is 86.5. The molecule has 12 aliphatic rings. The van der Waals surface area contributed by atoms with E-state index in [-0.39, 0.29) is 87.9 Å². The van der Waals surface area contributed by atoms with Crippen molar-refractivity contribution in [3.05, 3.63) is 134 Å². The number of fused-ring (bicyclic) bond motifs is 15. The topological polar surface area (TPSA) is 480 Å². The number of rotatable bonds is 51. The van der Waals surface area contributed by atoms with Crippen molar-refractivity contribution >= 4 is 0 Å². The van der Waals surface area contributed by atoms with Gasteiger partial charge in [-0.1, -0.05) is 154 Å². The summed E-state index contributed by atoms with van der Waals surface area (Å²) in [6.07, 6.45) is 30.9. The molecular weight excluding hydrogens is 1760 g/mol. The van der Waals surface area contributed by atoms with Gasteiger partial charge < -0.3 is 74.7 Å². The van der Waals surface area contributed by atoms with Gasteiger partial charge in [0.1, 0.15) is 0 Å². The first kappa shape index (κ1) is 111. The van der Waals surface area contributed by atoms with Crippen LogP contribution >= 0.6 is 0 Å². The van der Waals surface area contributed by atoms with Crippen LogP contribution in [-0.2, 0) is 55.7 Å². The smallest absolute Gasteiger partial charge is 0.0637 e. The van der Waals surface area contributed by atoms with E-state index in [0.29, 0.717) is 231 Å². The molecule has 0 bridgehead atoms. The minimum atomic E-state index is -0.0520. The van der Waals surface area contributed by atoms with E-state index in [0.717, 1.165) is 148 Å². The molecule has 0 heterocycles. The molecule has 0 saturated heterocycles. The molecule has 0 unspecified atom stereocenters. The molecule has 0 amide bonds. The summed E-state index contributed by atoms with van der Waals surface area (Å²) in [4.78, 5) is 22.5. The molecular formula is C106H177N23O10. The second kappa shape index (κ2) is 54.2. The molecule has 139 heavy (non-hydrogen) atoms. The summed E-state index contributed by atoms with van der Waals surface area (Å²) in [7, 11) is 4.49. The van der Waals surface area contributed by atoms with Gasteiger partial charge in [0.05, 0.1) is 114 Å². The van der Waals surface area contributed by atoms with Crippen LogP contribution in [0.4, 0.5) is 0 Å². The zero-order valence-corrected chi connectivity index (χ0v) is 86.5. The second-order valence-electron chi connectivity index (χ2n) is 45.8. The lowest BCUT2D eigenvalue weighted by Gasteiger charge is -2.64. The summed E-state index contributed by atoms with van der Waals surface area (Å²) in [5.74, 6) is 9.07. The average molecular weight is 1930 g/mol. The number of azide groups is 6. The maximum atomic E-state index is 9.57. The Kier molecular flexibility index (Phi) is 43.5. The minimum Gasteiger partial charge on any atom is -0.396 e. The van der Waals surface area contributed by atoms with Crippen molar-refractivity contribution in [2.45, 2.75) is 304 Å². The summed E-state index contributed by atoms with van der Waals surface area (Å²) in [6.45, 7) is 35.2. The molecule has 7 N–H and O–H groups in total. The number of hydrogen-bond donors (Lipinski definition) is 4. The van der Waals surface area contributed by atoms with Crippen molar-refractivity contribution in [2.24, 2.45) is 187 Å². The fraction of sp³-hybridized carbons (Fsp3) is 0.887. The van der Waals surface area contributed by atoms with Gasteiger partial charge in [-0.15, -0.1) is 0 Å². The molecule has 12 fully saturated rings. The second-order valence-corrected chi connectivity index (χ2v) is 45.8. The molecule has 12 saturated carbocycles. The average Bonchev–Trinajstić information content (AvgIpc) is 1.65. The molecule has 33 heteroatoms. The van der Waals surface area contributed by atoms with Crippen molar-refractivity contribution < 1.29 is 47.7 Å². The van der Waals surface area contributed by atoms with Gasteiger partial charge in [-0.3, -0.25) is 0 Å². The van der Waals surface area contributed by atoms with E-state index in [1.54, 1.807) is 0 Å². The Hall–Kier alpha value is -6.30. The first-order valence-electron chi connectivity index (χ1n) is 54.1. The third-order valence-corrected chi connectivity index (χ3v) is 39.0. The largest absolute Gasteiger partial charge is 0.396 e. The maximum Gasteiger partial charge on any atom is 0.0637 e. The predicted molar refractivity (Wildman–Crippen MR) is 545 cm³/mol. The first-order chi connectivity index (χ1) is 67.4. The summed E-state index contributed by atoms with van der Waals surface area (Å²) in [6, 6.07) is 21.5.